The molecule has 3 aromatic carbocycles. The summed E-state index contributed by atoms with van der Waals surface area (Å²) in [6.07, 6.45) is 0.251. The largest absolute Gasteiger partial charge is 0.457 e. The highest BCUT2D eigenvalue weighted by Gasteiger charge is 2.29. The third-order valence-electron chi connectivity index (χ3n) is 8.36. The van der Waals surface area contributed by atoms with Crippen molar-refractivity contribution >= 4 is 17.8 Å². The number of hydrogen-bond acceptors (Lipinski definition) is 13. The van der Waals surface area contributed by atoms with Gasteiger partial charge in [0.15, 0.2) is 0 Å². The number of rotatable bonds is 32. The van der Waals surface area contributed by atoms with Gasteiger partial charge < -0.3 is 52.7 Å². The van der Waals surface area contributed by atoms with E-state index in [1.165, 1.54) is 22.3 Å². The molecule has 0 fully saturated rings. The molecule has 0 saturated carbocycles. The molecule has 306 valence electrons. The number of carbonyl (C=O) groups is 3. The lowest BCUT2D eigenvalue weighted by Crippen LogP contribution is -2.27. The molecule has 0 bridgehead atoms. The van der Waals surface area contributed by atoms with Gasteiger partial charge in [-0.05, 0) is 28.7 Å². The Morgan fingerprint density at radius 3 is 1.30 bits per heavy atom. The summed E-state index contributed by atoms with van der Waals surface area (Å²) < 4.78 is 54.3. The molecule has 0 radical (unpaired) electrons. The molecule has 1 aliphatic rings. The summed E-state index contributed by atoms with van der Waals surface area (Å²) in [4.78, 5) is 35.9. The van der Waals surface area contributed by atoms with E-state index in [0.717, 1.165) is 0 Å². The normalized spacial score (nSPS) is 11.9. The number of ether oxygens (including phenoxy) is 10. The predicted octanol–water partition coefficient (Wildman–Crippen LogP) is 4.47. The second-order valence-electron chi connectivity index (χ2n) is 12.3. The molecule has 3 aromatic rings. The fourth-order valence-corrected chi connectivity index (χ4v) is 5.62. The van der Waals surface area contributed by atoms with Crippen LogP contribution in [0, 0.1) is 0 Å². The molecule has 0 aliphatic heterocycles. The van der Waals surface area contributed by atoms with Gasteiger partial charge in [-0.15, -0.1) is 0 Å². The molecule has 0 aromatic heterocycles. The number of fused-ring (bicyclic) bond motifs is 3. The maximum Gasteiger partial charge on any atom is 0.407 e. The van der Waals surface area contributed by atoms with E-state index in [-0.39, 0.29) is 19.1 Å². The van der Waals surface area contributed by atoms with Crippen LogP contribution in [0.15, 0.2) is 78.9 Å². The topological polar surface area (TPSA) is 156 Å². The van der Waals surface area contributed by atoms with Crippen molar-refractivity contribution in [2.75, 3.05) is 125 Å². The third-order valence-corrected chi connectivity index (χ3v) is 8.36. The van der Waals surface area contributed by atoms with E-state index >= 15 is 0 Å². The molecule has 14 nitrogen and oxygen atoms in total. The highest BCUT2D eigenvalue weighted by Crippen LogP contribution is 2.44. The van der Waals surface area contributed by atoms with Crippen LogP contribution < -0.4 is 5.32 Å². The molecule has 1 aliphatic carbocycles. The van der Waals surface area contributed by atoms with Gasteiger partial charge >= 0.3 is 12.1 Å². The summed E-state index contributed by atoms with van der Waals surface area (Å²) in [6, 6.07) is 24.8. The Labute approximate surface area is 328 Å². The molecule has 0 heterocycles. The Balaban J connectivity index is 0.801. The average Bonchev–Trinajstić information content (AvgIpc) is 3.55. The summed E-state index contributed by atoms with van der Waals surface area (Å²) in [5.74, 6) is -1.54. The fraction of sp³-hybridized carbons (Fsp3) is 0.500. The minimum atomic E-state index is -0.901. The Morgan fingerprint density at radius 2 is 0.839 bits per heavy atom. The summed E-state index contributed by atoms with van der Waals surface area (Å²) >= 11 is 0. The molecular formula is C42H55NO13. The van der Waals surface area contributed by atoms with Crippen molar-refractivity contribution in [1.82, 2.24) is 5.32 Å². The van der Waals surface area contributed by atoms with Crippen LogP contribution >= 0.6 is 0 Å². The minimum absolute atomic E-state index is 0.00829. The van der Waals surface area contributed by atoms with Crippen LogP contribution in [-0.4, -0.2) is 143 Å². The first-order valence-electron chi connectivity index (χ1n) is 19.1. The number of ketones is 1. The zero-order chi connectivity index (χ0) is 39.3. The van der Waals surface area contributed by atoms with Crippen molar-refractivity contribution < 1.29 is 61.8 Å². The third kappa shape index (κ3) is 17.3. The van der Waals surface area contributed by atoms with Crippen molar-refractivity contribution in [2.45, 2.75) is 12.3 Å². The van der Waals surface area contributed by atoms with Gasteiger partial charge in [-0.3, -0.25) is 4.79 Å². The van der Waals surface area contributed by atoms with Crippen molar-refractivity contribution in [3.63, 3.8) is 0 Å². The second kappa shape index (κ2) is 28.2. The second-order valence-corrected chi connectivity index (χ2v) is 12.3. The van der Waals surface area contributed by atoms with E-state index in [0.29, 0.717) is 124 Å². The Kier molecular flexibility index (Phi) is 22.4. The maximum atomic E-state index is 12.3. The van der Waals surface area contributed by atoms with Crippen molar-refractivity contribution in [1.29, 1.82) is 0 Å². The Hall–Kier alpha value is -4.25. The van der Waals surface area contributed by atoms with E-state index in [9.17, 15) is 14.4 Å². The standard InChI is InChI=1S/C42H55NO13/c44-40(34-9-2-1-3-10-34)41(45)55-32-31-54-30-29-53-28-27-52-26-25-51-24-23-50-22-21-49-20-19-48-18-17-47-16-8-15-43-42(46)56-33-39-37-13-6-4-11-35(37)36-12-5-7-14-38(36)39/h1-7,9-14,39H,8,15-33H2,(H,43,46). The molecular weight excluding hydrogens is 726 g/mol. The monoisotopic (exact) mass is 781 g/mol. The Morgan fingerprint density at radius 1 is 0.446 bits per heavy atom. The van der Waals surface area contributed by atoms with E-state index in [2.05, 4.69) is 29.6 Å². The van der Waals surface area contributed by atoms with Crippen LogP contribution in [0.4, 0.5) is 4.79 Å². The van der Waals surface area contributed by atoms with Crippen molar-refractivity contribution in [2.24, 2.45) is 0 Å². The van der Waals surface area contributed by atoms with Gasteiger partial charge in [0.2, 0.25) is 0 Å². The van der Waals surface area contributed by atoms with Gasteiger partial charge in [0.25, 0.3) is 5.78 Å². The highest BCUT2D eigenvalue weighted by atomic mass is 16.6. The van der Waals surface area contributed by atoms with Crippen LogP contribution in [0.2, 0.25) is 0 Å². The molecule has 14 heteroatoms. The molecule has 1 amide bonds. The molecule has 56 heavy (non-hydrogen) atoms. The van der Waals surface area contributed by atoms with Crippen LogP contribution in [0.25, 0.3) is 11.1 Å². The lowest BCUT2D eigenvalue weighted by molar-refractivity contribution is -0.139. The highest BCUT2D eigenvalue weighted by molar-refractivity contribution is 6.40. The first-order chi connectivity index (χ1) is 27.6. The van der Waals surface area contributed by atoms with Gasteiger partial charge in [-0.25, -0.2) is 9.59 Å². The predicted molar refractivity (Wildman–Crippen MR) is 206 cm³/mol. The smallest absolute Gasteiger partial charge is 0.407 e. The molecule has 4 rings (SSSR count). The van der Waals surface area contributed by atoms with Crippen LogP contribution in [0.3, 0.4) is 0 Å². The number of benzene rings is 3. The molecule has 0 atom stereocenters. The van der Waals surface area contributed by atoms with Gasteiger partial charge in [-0.2, -0.15) is 0 Å². The quantitative estimate of drug-likeness (QED) is 0.0410. The number of Topliss-reactive ketones (excluding diaryl/α,β-unsaturated/α-hetero) is 1. The number of hydrogen-bond donors (Lipinski definition) is 1. The average molecular weight is 782 g/mol. The fourth-order valence-electron chi connectivity index (χ4n) is 5.62. The maximum absolute atomic E-state index is 12.3. The summed E-state index contributed by atoms with van der Waals surface area (Å²) in [5.41, 5.74) is 5.07. The van der Waals surface area contributed by atoms with Crippen molar-refractivity contribution in [3.8, 4) is 11.1 Å². The minimum Gasteiger partial charge on any atom is -0.457 e. The molecule has 1 N–H and O–H groups in total. The number of alkyl carbamates (subject to hydrolysis) is 1. The molecule has 0 unspecified atom stereocenters. The first kappa shape index (κ1) is 44.5. The van der Waals surface area contributed by atoms with Crippen LogP contribution in [0.5, 0.6) is 0 Å². The van der Waals surface area contributed by atoms with E-state index in [4.69, 9.17) is 47.4 Å². The van der Waals surface area contributed by atoms with Crippen LogP contribution in [0.1, 0.15) is 33.8 Å². The van der Waals surface area contributed by atoms with E-state index in [1.807, 2.05) is 24.3 Å². The lowest BCUT2D eigenvalue weighted by Gasteiger charge is -2.14. The van der Waals surface area contributed by atoms with Crippen LogP contribution in [-0.2, 0) is 52.2 Å². The number of esters is 1. The van der Waals surface area contributed by atoms with Gasteiger partial charge in [-0.1, -0.05) is 78.9 Å². The number of nitrogens with one attached hydrogen (secondary N) is 1. The van der Waals surface area contributed by atoms with Crippen molar-refractivity contribution in [3.05, 3.63) is 95.6 Å². The molecule has 0 saturated heterocycles. The summed E-state index contributed by atoms with van der Waals surface area (Å²) in [5, 5.41) is 2.80. The van der Waals surface area contributed by atoms with Gasteiger partial charge in [0.05, 0.1) is 99.1 Å². The first-order valence-corrected chi connectivity index (χ1v) is 19.1. The Bertz CT molecular complexity index is 1490. The lowest BCUT2D eigenvalue weighted by atomic mass is 9.98. The zero-order valence-corrected chi connectivity index (χ0v) is 32.0. The molecule has 0 spiro atoms. The van der Waals surface area contributed by atoms with Gasteiger partial charge in [0.1, 0.15) is 13.2 Å². The van der Waals surface area contributed by atoms with Gasteiger partial charge in [0, 0.05) is 24.6 Å². The zero-order valence-electron chi connectivity index (χ0n) is 32.0. The number of amides is 1. The SMILES string of the molecule is O=C(NCCCOCCOCCOCCOCCOCCOCCOCCOCCOC(=O)C(=O)c1ccccc1)OCC1c2ccccc2-c2ccccc21. The summed E-state index contributed by atoms with van der Waals surface area (Å²) in [6.45, 7) is 7.60. The van der Waals surface area contributed by atoms with E-state index < -0.39 is 17.8 Å². The van der Waals surface area contributed by atoms with E-state index in [1.54, 1.807) is 30.3 Å². The summed E-state index contributed by atoms with van der Waals surface area (Å²) in [7, 11) is 0. The number of carbonyl (C=O) groups excluding carboxylic acids is 3.